The Bertz CT molecular complexity index is 283. The molecule has 0 aliphatic carbocycles. The lowest BCUT2D eigenvalue weighted by Crippen LogP contribution is -2.22. The van der Waals surface area contributed by atoms with Crippen LogP contribution in [0.3, 0.4) is 0 Å². The van der Waals surface area contributed by atoms with Gasteiger partial charge in [-0.25, -0.2) is 0 Å². The predicted octanol–water partition coefficient (Wildman–Crippen LogP) is 6.30. The van der Waals surface area contributed by atoms with Crippen LogP contribution < -0.4 is 0 Å². The third-order valence-corrected chi connectivity index (χ3v) is 4.21. The van der Waals surface area contributed by atoms with Gasteiger partial charge in [0.05, 0.1) is 5.92 Å². The van der Waals surface area contributed by atoms with Crippen LogP contribution in [0.25, 0.3) is 0 Å². The van der Waals surface area contributed by atoms with Crippen molar-refractivity contribution in [3.05, 3.63) is 12.7 Å². The summed E-state index contributed by atoms with van der Waals surface area (Å²) >= 11 is 0. The molecule has 0 rings (SSSR count). The maximum Gasteiger partial charge on any atom is 0.309 e. The molecule has 0 radical (unpaired) electrons. The minimum atomic E-state index is -0.175. The molecule has 0 heterocycles. The molecule has 2 atom stereocenters. The summed E-state index contributed by atoms with van der Waals surface area (Å²) in [6.45, 7) is 12.3. The fourth-order valence-electron chi connectivity index (χ4n) is 2.65. The molecule has 0 aromatic rings. The average molecular weight is 311 g/mol. The first-order valence-electron chi connectivity index (χ1n) is 9.34. The van der Waals surface area contributed by atoms with Gasteiger partial charge in [-0.1, -0.05) is 84.8 Å². The van der Waals surface area contributed by atoms with Crippen molar-refractivity contribution in [3.63, 3.8) is 0 Å². The lowest BCUT2D eigenvalue weighted by molar-refractivity contribution is -0.151. The normalized spacial score (nSPS) is 13.9. The Labute approximate surface area is 138 Å². The topological polar surface area (TPSA) is 26.3 Å². The molecule has 2 heteroatoms. The van der Waals surface area contributed by atoms with Crippen LogP contribution in [0.2, 0.25) is 0 Å². The SMILES string of the molecule is C=CC(C)OC(=O)C(CCCCCCC)CCCCC(C)C. The van der Waals surface area contributed by atoms with Gasteiger partial charge in [-0.2, -0.15) is 0 Å². The molecule has 0 saturated carbocycles. The summed E-state index contributed by atoms with van der Waals surface area (Å²) < 4.78 is 5.46. The van der Waals surface area contributed by atoms with Crippen molar-refractivity contribution < 1.29 is 9.53 Å². The lowest BCUT2D eigenvalue weighted by atomic mass is 9.93. The van der Waals surface area contributed by atoms with E-state index in [4.69, 9.17) is 4.74 Å². The van der Waals surface area contributed by atoms with Crippen molar-refractivity contribution in [2.45, 2.75) is 98.0 Å². The number of carbonyl (C=O) groups is 1. The van der Waals surface area contributed by atoms with Crippen LogP contribution in [-0.4, -0.2) is 12.1 Å². The van der Waals surface area contributed by atoms with Crippen LogP contribution in [0.5, 0.6) is 0 Å². The van der Waals surface area contributed by atoms with Crippen molar-refractivity contribution in [2.75, 3.05) is 0 Å². The minimum Gasteiger partial charge on any atom is -0.458 e. The van der Waals surface area contributed by atoms with E-state index in [1.165, 1.54) is 38.5 Å². The Hall–Kier alpha value is -0.790. The quantitative estimate of drug-likeness (QED) is 0.214. The van der Waals surface area contributed by atoms with E-state index in [0.717, 1.165) is 31.6 Å². The van der Waals surface area contributed by atoms with Crippen LogP contribution in [0.15, 0.2) is 12.7 Å². The molecule has 2 unspecified atom stereocenters. The van der Waals surface area contributed by atoms with Crippen molar-refractivity contribution in [1.82, 2.24) is 0 Å². The Morgan fingerprint density at radius 2 is 1.50 bits per heavy atom. The molecule has 0 aromatic carbocycles. The molecule has 0 bridgehead atoms. The molecular weight excluding hydrogens is 272 g/mol. The van der Waals surface area contributed by atoms with Crippen LogP contribution in [0.1, 0.15) is 91.9 Å². The Morgan fingerprint density at radius 3 is 2.05 bits per heavy atom. The molecule has 0 spiro atoms. The number of rotatable bonds is 14. The van der Waals surface area contributed by atoms with Gasteiger partial charge in [0.1, 0.15) is 6.10 Å². The number of esters is 1. The largest absolute Gasteiger partial charge is 0.458 e. The van der Waals surface area contributed by atoms with E-state index >= 15 is 0 Å². The summed E-state index contributed by atoms with van der Waals surface area (Å²) in [6, 6.07) is 0. The van der Waals surface area contributed by atoms with Crippen molar-refractivity contribution >= 4 is 5.97 Å². The second kappa shape index (κ2) is 13.8. The number of hydrogen-bond donors (Lipinski definition) is 0. The van der Waals surface area contributed by atoms with Crippen LogP contribution in [-0.2, 0) is 9.53 Å². The van der Waals surface area contributed by atoms with Crippen molar-refractivity contribution in [3.8, 4) is 0 Å². The summed E-state index contributed by atoms with van der Waals surface area (Å²) in [5, 5.41) is 0. The predicted molar refractivity (Wildman–Crippen MR) is 95.9 cm³/mol. The first-order chi connectivity index (χ1) is 10.5. The maximum atomic E-state index is 12.3. The minimum absolute atomic E-state index is 0.0209. The third kappa shape index (κ3) is 11.8. The fraction of sp³-hybridized carbons (Fsp3) is 0.850. The zero-order chi connectivity index (χ0) is 16.8. The molecule has 0 fully saturated rings. The van der Waals surface area contributed by atoms with Crippen LogP contribution in [0.4, 0.5) is 0 Å². The number of unbranched alkanes of at least 4 members (excludes halogenated alkanes) is 5. The number of ether oxygens (including phenoxy) is 1. The standard InChI is InChI=1S/C20H38O2/c1-6-8-9-10-11-15-19(16-13-12-14-17(3)4)20(21)22-18(5)7-2/h7,17-19H,2,6,8-16H2,1,3-5H3. The lowest BCUT2D eigenvalue weighted by Gasteiger charge is -2.18. The van der Waals surface area contributed by atoms with Gasteiger partial charge in [0.15, 0.2) is 0 Å². The van der Waals surface area contributed by atoms with Gasteiger partial charge in [0.2, 0.25) is 0 Å². The van der Waals surface area contributed by atoms with E-state index in [1.54, 1.807) is 6.08 Å². The second-order valence-corrected chi connectivity index (χ2v) is 6.96. The molecule has 0 saturated heterocycles. The van der Waals surface area contributed by atoms with Gasteiger partial charge in [0, 0.05) is 0 Å². The molecular formula is C20H38O2. The van der Waals surface area contributed by atoms with Gasteiger partial charge in [-0.15, -0.1) is 0 Å². The van der Waals surface area contributed by atoms with Gasteiger partial charge < -0.3 is 4.74 Å². The monoisotopic (exact) mass is 310 g/mol. The van der Waals surface area contributed by atoms with Gasteiger partial charge >= 0.3 is 5.97 Å². The van der Waals surface area contributed by atoms with E-state index in [2.05, 4.69) is 27.4 Å². The molecule has 0 aromatic heterocycles. The summed E-state index contributed by atoms with van der Waals surface area (Å²) in [6.07, 6.45) is 13.3. The highest BCUT2D eigenvalue weighted by atomic mass is 16.5. The molecule has 130 valence electrons. The van der Waals surface area contributed by atoms with Gasteiger partial charge in [-0.05, 0) is 25.7 Å². The number of carbonyl (C=O) groups excluding carboxylic acids is 1. The first kappa shape index (κ1) is 21.2. The van der Waals surface area contributed by atoms with Gasteiger partial charge in [0.25, 0.3) is 0 Å². The van der Waals surface area contributed by atoms with Crippen LogP contribution >= 0.6 is 0 Å². The van der Waals surface area contributed by atoms with Crippen molar-refractivity contribution in [1.29, 1.82) is 0 Å². The molecule has 0 aliphatic heterocycles. The van der Waals surface area contributed by atoms with Crippen LogP contribution in [0, 0.1) is 11.8 Å². The first-order valence-corrected chi connectivity index (χ1v) is 9.34. The number of hydrogen-bond acceptors (Lipinski definition) is 2. The molecule has 0 N–H and O–H groups in total. The second-order valence-electron chi connectivity index (χ2n) is 6.96. The fourth-order valence-corrected chi connectivity index (χ4v) is 2.65. The summed E-state index contributed by atoms with van der Waals surface area (Å²) in [4.78, 5) is 12.3. The maximum absolute atomic E-state index is 12.3. The van der Waals surface area contributed by atoms with Gasteiger partial charge in [-0.3, -0.25) is 4.79 Å². The van der Waals surface area contributed by atoms with Crippen molar-refractivity contribution in [2.24, 2.45) is 11.8 Å². The molecule has 22 heavy (non-hydrogen) atoms. The summed E-state index contributed by atoms with van der Waals surface area (Å²) in [5.41, 5.74) is 0. The average Bonchev–Trinajstić information content (AvgIpc) is 2.48. The Kier molecular flexibility index (Phi) is 13.3. The Morgan fingerprint density at radius 1 is 0.955 bits per heavy atom. The smallest absolute Gasteiger partial charge is 0.309 e. The summed E-state index contributed by atoms with van der Waals surface area (Å²) in [5.74, 6) is 0.809. The highest BCUT2D eigenvalue weighted by molar-refractivity contribution is 5.72. The molecule has 2 nitrogen and oxygen atoms in total. The van der Waals surface area contributed by atoms with E-state index in [-0.39, 0.29) is 18.0 Å². The molecule has 0 aliphatic rings. The highest BCUT2D eigenvalue weighted by Gasteiger charge is 2.20. The summed E-state index contributed by atoms with van der Waals surface area (Å²) in [7, 11) is 0. The van der Waals surface area contributed by atoms with E-state index < -0.39 is 0 Å². The molecule has 0 amide bonds. The Balaban J connectivity index is 4.17. The van der Waals surface area contributed by atoms with E-state index in [1.807, 2.05) is 6.92 Å². The zero-order valence-electron chi connectivity index (χ0n) is 15.4. The highest BCUT2D eigenvalue weighted by Crippen LogP contribution is 2.21. The third-order valence-electron chi connectivity index (χ3n) is 4.21. The van der Waals surface area contributed by atoms with E-state index in [9.17, 15) is 4.79 Å². The zero-order valence-corrected chi connectivity index (χ0v) is 15.4. The van der Waals surface area contributed by atoms with E-state index in [0.29, 0.717) is 0 Å².